The van der Waals surface area contributed by atoms with E-state index in [1.807, 2.05) is 0 Å². The van der Waals surface area contributed by atoms with Crippen LogP contribution in [0.4, 0.5) is 14.7 Å². The number of nitrogens with zero attached hydrogens (tertiary/aromatic N) is 2. The predicted molar refractivity (Wildman–Crippen MR) is 135 cm³/mol. The van der Waals surface area contributed by atoms with E-state index >= 15 is 0 Å². The number of ether oxygens (including phenoxy) is 3. The Hall–Kier alpha value is -2.91. The molecule has 1 aliphatic heterocycles. The number of rotatable bonds is 10. The van der Waals surface area contributed by atoms with E-state index in [9.17, 15) is 27.7 Å². The molecule has 17 heteroatoms. The number of fused-ring (bicyclic) bond motifs is 1. The van der Waals surface area contributed by atoms with E-state index in [-0.39, 0.29) is 23.4 Å². The molecular formula is C23H33F2N4O10P. The fourth-order valence-corrected chi connectivity index (χ4v) is 4.27. The van der Waals surface area contributed by atoms with Crippen LogP contribution >= 0.6 is 7.82 Å². The van der Waals surface area contributed by atoms with Crippen LogP contribution in [-0.4, -0.2) is 58.9 Å². The quantitative estimate of drug-likeness (QED) is 0.233. The molecule has 0 saturated carbocycles. The molecule has 224 valence electrons. The number of nitrogens with one attached hydrogen (secondary N) is 1. The summed E-state index contributed by atoms with van der Waals surface area (Å²) in [5.41, 5.74) is 2.80. The smallest absolute Gasteiger partial charge is 0.437 e. The summed E-state index contributed by atoms with van der Waals surface area (Å²) in [6, 6.07) is 0. The van der Waals surface area contributed by atoms with E-state index in [0.717, 1.165) is 10.8 Å². The molecule has 0 aromatic carbocycles. The summed E-state index contributed by atoms with van der Waals surface area (Å²) < 4.78 is 74.4. The molecule has 2 aromatic heterocycles. The number of nitrogens with two attached hydrogens (primary N) is 1. The normalized spacial score (nSPS) is 20.1. The number of nitrogen functional groups attached to an aromatic ring is 1. The zero-order chi connectivity index (χ0) is 30.0. The maximum Gasteiger partial charge on any atom is 0.480 e. The SMILES string of the molecule is CC(C)(C)C(=O)OCOP(=O)(OCOC(=O)C(C)(C)C)OC[C@H]1O[C@@H](n2cc(F)c3c(=O)[nH]c(N)nc32)C[C@@H]1F. The number of esters is 2. The van der Waals surface area contributed by atoms with Crippen molar-refractivity contribution in [3.05, 3.63) is 22.4 Å². The van der Waals surface area contributed by atoms with Crippen molar-refractivity contribution in [3.8, 4) is 0 Å². The first kappa shape index (κ1) is 31.6. The van der Waals surface area contributed by atoms with Crippen LogP contribution < -0.4 is 11.3 Å². The van der Waals surface area contributed by atoms with Crippen molar-refractivity contribution in [1.82, 2.24) is 14.5 Å². The summed E-state index contributed by atoms with van der Waals surface area (Å²) in [6.45, 7) is 7.14. The Labute approximate surface area is 228 Å². The van der Waals surface area contributed by atoms with Gasteiger partial charge in [0.05, 0.1) is 17.4 Å². The Bertz CT molecular complexity index is 1310. The summed E-state index contributed by atoms with van der Waals surface area (Å²) in [5, 5.41) is -0.381. The molecule has 1 fully saturated rings. The molecule has 0 amide bonds. The Morgan fingerprint density at radius 2 is 1.68 bits per heavy atom. The van der Waals surface area contributed by atoms with Gasteiger partial charge in [-0.1, -0.05) is 0 Å². The summed E-state index contributed by atoms with van der Waals surface area (Å²) in [5.74, 6) is -2.55. The second kappa shape index (κ2) is 11.9. The number of halogens is 2. The molecule has 40 heavy (non-hydrogen) atoms. The van der Waals surface area contributed by atoms with Crippen molar-refractivity contribution in [1.29, 1.82) is 0 Å². The molecule has 3 atom stereocenters. The van der Waals surface area contributed by atoms with Crippen LogP contribution in [0.1, 0.15) is 54.2 Å². The van der Waals surface area contributed by atoms with Gasteiger partial charge in [-0.3, -0.25) is 23.9 Å². The van der Waals surface area contributed by atoms with Gasteiger partial charge < -0.3 is 24.5 Å². The van der Waals surface area contributed by atoms with Crippen LogP contribution in [-0.2, 0) is 41.9 Å². The zero-order valence-electron chi connectivity index (χ0n) is 22.9. The number of anilines is 1. The van der Waals surface area contributed by atoms with E-state index in [1.54, 1.807) is 41.5 Å². The number of hydrogen-bond acceptors (Lipinski definition) is 12. The molecule has 0 aliphatic carbocycles. The van der Waals surface area contributed by atoms with Gasteiger partial charge in [0, 0.05) is 12.6 Å². The van der Waals surface area contributed by atoms with Gasteiger partial charge in [-0.2, -0.15) is 4.98 Å². The number of aromatic amines is 1. The summed E-state index contributed by atoms with van der Waals surface area (Å²) in [4.78, 5) is 42.2. The van der Waals surface area contributed by atoms with Crippen LogP contribution in [0.2, 0.25) is 0 Å². The number of H-pyrrole nitrogens is 1. The third-order valence-corrected chi connectivity index (χ3v) is 6.86. The lowest BCUT2D eigenvalue weighted by Gasteiger charge is -2.22. The monoisotopic (exact) mass is 594 g/mol. The number of alkyl halides is 1. The van der Waals surface area contributed by atoms with Crippen molar-refractivity contribution in [3.63, 3.8) is 0 Å². The molecule has 1 aliphatic rings. The van der Waals surface area contributed by atoms with Gasteiger partial charge >= 0.3 is 19.8 Å². The number of phosphoric ester groups is 1. The van der Waals surface area contributed by atoms with Crippen molar-refractivity contribution in [2.45, 2.75) is 66.5 Å². The fourth-order valence-electron chi connectivity index (χ4n) is 3.36. The van der Waals surface area contributed by atoms with E-state index in [1.165, 1.54) is 0 Å². The number of phosphoric acid groups is 1. The van der Waals surface area contributed by atoms with Crippen molar-refractivity contribution < 1.29 is 50.7 Å². The second-order valence-corrected chi connectivity index (χ2v) is 12.7. The Morgan fingerprint density at radius 1 is 1.12 bits per heavy atom. The van der Waals surface area contributed by atoms with Crippen LogP contribution in [0, 0.1) is 16.6 Å². The van der Waals surface area contributed by atoms with Gasteiger partial charge in [-0.15, -0.1) is 0 Å². The van der Waals surface area contributed by atoms with Crippen LogP contribution in [0.5, 0.6) is 0 Å². The van der Waals surface area contributed by atoms with E-state index in [0.29, 0.717) is 0 Å². The first-order chi connectivity index (χ1) is 18.4. The fraction of sp³-hybridized carbons (Fsp3) is 0.652. The summed E-state index contributed by atoms with van der Waals surface area (Å²) in [7, 11) is -4.60. The van der Waals surface area contributed by atoms with E-state index in [4.69, 9.17) is 33.5 Å². The zero-order valence-corrected chi connectivity index (χ0v) is 23.8. The Kier molecular flexibility index (Phi) is 9.41. The first-order valence-electron chi connectivity index (χ1n) is 12.1. The highest BCUT2D eigenvalue weighted by molar-refractivity contribution is 7.48. The second-order valence-electron chi connectivity index (χ2n) is 11.0. The van der Waals surface area contributed by atoms with Gasteiger partial charge in [0.25, 0.3) is 5.56 Å². The van der Waals surface area contributed by atoms with E-state index in [2.05, 4.69) is 9.97 Å². The number of carbonyl (C=O) groups excluding carboxylic acids is 2. The minimum atomic E-state index is -4.60. The van der Waals surface area contributed by atoms with E-state index < -0.39 is 80.7 Å². The number of hydrogen-bond donors (Lipinski definition) is 2. The molecule has 0 bridgehead atoms. The topological polar surface area (TPSA) is 183 Å². The Balaban J connectivity index is 1.70. The molecule has 14 nitrogen and oxygen atoms in total. The highest BCUT2D eigenvalue weighted by Gasteiger charge is 2.40. The minimum absolute atomic E-state index is 0.156. The lowest BCUT2D eigenvalue weighted by Crippen LogP contribution is -2.26. The maximum atomic E-state index is 14.9. The maximum absolute atomic E-state index is 14.9. The van der Waals surface area contributed by atoms with Crippen LogP contribution in [0.15, 0.2) is 11.0 Å². The highest BCUT2D eigenvalue weighted by Crippen LogP contribution is 2.50. The van der Waals surface area contributed by atoms with Gasteiger partial charge in [0.1, 0.15) is 23.9 Å². The molecule has 0 unspecified atom stereocenters. The lowest BCUT2D eigenvalue weighted by molar-refractivity contribution is -0.163. The van der Waals surface area contributed by atoms with Crippen LogP contribution in [0.3, 0.4) is 0 Å². The highest BCUT2D eigenvalue weighted by atomic mass is 31.2. The lowest BCUT2D eigenvalue weighted by atomic mass is 9.98. The first-order valence-corrected chi connectivity index (χ1v) is 13.6. The van der Waals surface area contributed by atoms with Gasteiger partial charge in [-0.25, -0.2) is 22.4 Å². The summed E-state index contributed by atoms with van der Waals surface area (Å²) in [6.07, 6.45) is -3.54. The molecule has 1 saturated heterocycles. The molecule has 3 N–H and O–H groups in total. The Morgan fingerprint density at radius 3 is 2.20 bits per heavy atom. The van der Waals surface area contributed by atoms with Gasteiger partial charge in [0.2, 0.25) is 19.5 Å². The van der Waals surface area contributed by atoms with Gasteiger partial charge in [0.15, 0.2) is 11.5 Å². The minimum Gasteiger partial charge on any atom is -0.437 e. The molecule has 3 rings (SSSR count). The van der Waals surface area contributed by atoms with Crippen molar-refractivity contribution in [2.24, 2.45) is 10.8 Å². The standard InChI is InChI=1S/C23H33F2N4O10P/c1-22(2,3)19(31)34-10-37-40(33,38-11-35-20(32)23(4,5)6)36-9-14-12(24)7-15(39-14)29-8-13(25)16-17(29)27-21(26)28-18(16)30/h8,12,14-15H,7,9-11H2,1-6H3,(H3,26,27,28,30)/t12-,14+,15+/m0/s1. The molecule has 0 radical (unpaired) electrons. The molecular weight excluding hydrogens is 561 g/mol. The number of carbonyl (C=O) groups is 2. The van der Waals surface area contributed by atoms with Crippen molar-refractivity contribution >= 4 is 36.7 Å². The van der Waals surface area contributed by atoms with Crippen molar-refractivity contribution in [2.75, 3.05) is 25.9 Å². The largest absolute Gasteiger partial charge is 0.480 e. The molecule has 2 aromatic rings. The molecule has 3 heterocycles. The predicted octanol–water partition coefficient (Wildman–Crippen LogP) is 3.32. The molecule has 0 spiro atoms. The third kappa shape index (κ3) is 7.63. The van der Waals surface area contributed by atoms with Gasteiger partial charge in [-0.05, 0) is 41.5 Å². The number of aromatic nitrogens is 3. The average molecular weight is 595 g/mol. The average Bonchev–Trinajstić information content (AvgIpc) is 3.35. The van der Waals surface area contributed by atoms with Crippen LogP contribution in [0.25, 0.3) is 11.0 Å². The summed E-state index contributed by atoms with van der Waals surface area (Å²) >= 11 is 0. The third-order valence-electron chi connectivity index (χ3n) is 5.55.